The molecule has 2 rings (SSSR count). The summed E-state index contributed by atoms with van der Waals surface area (Å²) in [6.45, 7) is 0.926. The quantitative estimate of drug-likeness (QED) is 0.622. The lowest BCUT2D eigenvalue weighted by Gasteiger charge is -2.09. The van der Waals surface area contributed by atoms with Gasteiger partial charge in [-0.15, -0.1) is 0 Å². The van der Waals surface area contributed by atoms with Crippen molar-refractivity contribution in [3.8, 4) is 0 Å². The highest BCUT2D eigenvalue weighted by Crippen LogP contribution is 2.15. The Balaban J connectivity index is 2.17. The van der Waals surface area contributed by atoms with E-state index < -0.39 is 0 Å². The molecule has 0 atom stereocenters. The summed E-state index contributed by atoms with van der Waals surface area (Å²) in [6, 6.07) is 15.8. The minimum atomic E-state index is -0.318. The third-order valence-electron chi connectivity index (χ3n) is 3.30. The van der Waals surface area contributed by atoms with Crippen molar-refractivity contribution in [2.24, 2.45) is 0 Å². The summed E-state index contributed by atoms with van der Waals surface area (Å²) in [5, 5.41) is 0. The predicted octanol–water partition coefficient (Wildman–Crippen LogP) is 3.71. The van der Waals surface area contributed by atoms with Crippen LogP contribution in [0.5, 0.6) is 0 Å². The van der Waals surface area contributed by atoms with E-state index in [2.05, 4.69) is 43.3 Å². The summed E-state index contributed by atoms with van der Waals surface area (Å²) in [5.74, 6) is -0.318. The van der Waals surface area contributed by atoms with Gasteiger partial charge < -0.3 is 9.64 Å². The highest BCUT2D eigenvalue weighted by Gasteiger charge is 2.08. The predicted molar refractivity (Wildman–Crippen MR) is 90.5 cm³/mol. The van der Waals surface area contributed by atoms with Gasteiger partial charge in [0.15, 0.2) is 0 Å². The Kier molecular flexibility index (Phi) is 5.50. The van der Waals surface area contributed by atoms with Crippen LogP contribution in [0.15, 0.2) is 48.5 Å². The van der Waals surface area contributed by atoms with Gasteiger partial charge in [0.1, 0.15) is 0 Å². The van der Waals surface area contributed by atoms with Crippen LogP contribution in [0, 0.1) is 0 Å². The molecule has 3 nitrogen and oxygen atoms in total. The van der Waals surface area contributed by atoms with Crippen LogP contribution in [0.1, 0.15) is 27.0 Å². The van der Waals surface area contributed by atoms with E-state index in [4.69, 9.17) is 4.74 Å². The molecule has 3 heteroatoms. The zero-order valence-electron chi connectivity index (χ0n) is 13.2. The van der Waals surface area contributed by atoms with Crippen molar-refractivity contribution in [1.29, 1.82) is 0 Å². The SMILES string of the molecule is COC(=O)c1ccccc1/C=C/c1ccc(CN(C)C)cc1. The smallest absolute Gasteiger partial charge is 0.338 e. The number of benzene rings is 2. The molecule has 0 amide bonds. The minimum Gasteiger partial charge on any atom is -0.465 e. The molecular formula is C19H21NO2. The summed E-state index contributed by atoms with van der Waals surface area (Å²) in [4.78, 5) is 13.9. The molecule has 114 valence electrons. The third kappa shape index (κ3) is 4.30. The number of methoxy groups -OCH3 is 1. The maximum atomic E-state index is 11.7. The molecule has 0 aliphatic carbocycles. The van der Waals surface area contributed by atoms with Crippen LogP contribution in [0.25, 0.3) is 12.2 Å². The Morgan fingerprint density at radius 1 is 1.05 bits per heavy atom. The van der Waals surface area contributed by atoms with Crippen LogP contribution in [0.2, 0.25) is 0 Å². The van der Waals surface area contributed by atoms with Crippen LogP contribution in [-0.2, 0) is 11.3 Å². The average Bonchev–Trinajstić information content (AvgIpc) is 2.53. The molecule has 0 radical (unpaired) electrons. The second-order valence-corrected chi connectivity index (χ2v) is 5.39. The number of carbonyl (C=O) groups excluding carboxylic acids is 1. The summed E-state index contributed by atoms with van der Waals surface area (Å²) in [7, 11) is 5.50. The van der Waals surface area contributed by atoms with Crippen molar-refractivity contribution in [1.82, 2.24) is 4.90 Å². The summed E-state index contributed by atoms with van der Waals surface area (Å²) >= 11 is 0. The van der Waals surface area contributed by atoms with Gasteiger partial charge in [0.25, 0.3) is 0 Å². The molecule has 0 fully saturated rings. The molecule has 2 aromatic carbocycles. The number of nitrogens with zero attached hydrogens (tertiary/aromatic N) is 1. The van der Waals surface area contributed by atoms with E-state index in [9.17, 15) is 4.79 Å². The number of esters is 1. The van der Waals surface area contributed by atoms with Crippen molar-refractivity contribution in [2.45, 2.75) is 6.54 Å². The molecular weight excluding hydrogens is 274 g/mol. The summed E-state index contributed by atoms with van der Waals surface area (Å²) in [6.07, 6.45) is 3.94. The highest BCUT2D eigenvalue weighted by molar-refractivity contribution is 5.94. The molecule has 0 saturated carbocycles. The Bertz CT molecular complexity index is 657. The van der Waals surface area contributed by atoms with Crippen molar-refractivity contribution in [3.05, 3.63) is 70.8 Å². The highest BCUT2D eigenvalue weighted by atomic mass is 16.5. The largest absolute Gasteiger partial charge is 0.465 e. The van der Waals surface area contributed by atoms with Gasteiger partial charge in [0.2, 0.25) is 0 Å². The van der Waals surface area contributed by atoms with E-state index in [0.29, 0.717) is 5.56 Å². The molecule has 0 aliphatic heterocycles. The molecule has 0 heterocycles. The molecule has 22 heavy (non-hydrogen) atoms. The van der Waals surface area contributed by atoms with Crippen molar-refractivity contribution in [3.63, 3.8) is 0 Å². The average molecular weight is 295 g/mol. The lowest BCUT2D eigenvalue weighted by Crippen LogP contribution is -2.10. The standard InChI is InChI=1S/C19H21NO2/c1-20(2)14-16-10-8-15(9-11-16)12-13-17-6-4-5-7-18(17)19(21)22-3/h4-13H,14H2,1-3H3/b13-12+. The van der Waals surface area contributed by atoms with Crippen LogP contribution in [0.4, 0.5) is 0 Å². The zero-order chi connectivity index (χ0) is 15.9. The topological polar surface area (TPSA) is 29.5 Å². The van der Waals surface area contributed by atoms with Crippen LogP contribution < -0.4 is 0 Å². The maximum absolute atomic E-state index is 11.7. The van der Waals surface area contributed by atoms with E-state index in [1.165, 1.54) is 12.7 Å². The molecule has 0 bridgehead atoms. The van der Waals surface area contributed by atoms with Crippen LogP contribution in [-0.4, -0.2) is 32.1 Å². The van der Waals surface area contributed by atoms with Crippen LogP contribution >= 0.6 is 0 Å². The fourth-order valence-corrected chi connectivity index (χ4v) is 2.22. The maximum Gasteiger partial charge on any atom is 0.338 e. The van der Waals surface area contributed by atoms with E-state index in [0.717, 1.165) is 17.7 Å². The first-order chi connectivity index (χ1) is 10.6. The Morgan fingerprint density at radius 2 is 1.73 bits per heavy atom. The third-order valence-corrected chi connectivity index (χ3v) is 3.30. The first-order valence-corrected chi connectivity index (χ1v) is 7.19. The Labute approximate surface area is 131 Å². The van der Waals surface area contributed by atoms with Gasteiger partial charge in [-0.1, -0.05) is 54.6 Å². The number of hydrogen-bond acceptors (Lipinski definition) is 3. The summed E-state index contributed by atoms with van der Waals surface area (Å²) in [5.41, 5.74) is 3.80. The molecule has 0 aliphatic rings. The second-order valence-electron chi connectivity index (χ2n) is 5.39. The fourth-order valence-electron chi connectivity index (χ4n) is 2.22. The van der Waals surface area contributed by atoms with E-state index in [-0.39, 0.29) is 5.97 Å². The molecule has 0 aromatic heterocycles. The summed E-state index contributed by atoms with van der Waals surface area (Å²) < 4.78 is 4.80. The lowest BCUT2D eigenvalue weighted by molar-refractivity contribution is 0.0600. The molecule has 2 aromatic rings. The number of ether oxygens (including phenoxy) is 1. The van der Waals surface area contributed by atoms with Gasteiger partial charge in [0, 0.05) is 6.54 Å². The van der Waals surface area contributed by atoms with Crippen molar-refractivity contribution < 1.29 is 9.53 Å². The van der Waals surface area contributed by atoms with Gasteiger partial charge in [-0.2, -0.15) is 0 Å². The normalized spacial score (nSPS) is 11.1. The molecule has 0 spiro atoms. The van der Waals surface area contributed by atoms with Gasteiger partial charge >= 0.3 is 5.97 Å². The van der Waals surface area contributed by atoms with Crippen LogP contribution in [0.3, 0.4) is 0 Å². The lowest BCUT2D eigenvalue weighted by atomic mass is 10.1. The number of carbonyl (C=O) groups is 1. The number of rotatable bonds is 5. The monoisotopic (exact) mass is 295 g/mol. The molecule has 0 unspecified atom stereocenters. The second kappa shape index (κ2) is 7.57. The zero-order valence-corrected chi connectivity index (χ0v) is 13.2. The van der Waals surface area contributed by atoms with E-state index in [1.54, 1.807) is 6.07 Å². The fraction of sp³-hybridized carbons (Fsp3) is 0.211. The van der Waals surface area contributed by atoms with Crippen molar-refractivity contribution >= 4 is 18.1 Å². The van der Waals surface area contributed by atoms with E-state index >= 15 is 0 Å². The Morgan fingerprint density at radius 3 is 2.36 bits per heavy atom. The Hall–Kier alpha value is -2.39. The minimum absolute atomic E-state index is 0.318. The first kappa shape index (κ1) is 16.0. The van der Waals surface area contributed by atoms with E-state index in [1.807, 2.05) is 30.4 Å². The van der Waals surface area contributed by atoms with Gasteiger partial charge in [-0.05, 0) is 36.9 Å². The van der Waals surface area contributed by atoms with Gasteiger partial charge in [0.05, 0.1) is 12.7 Å². The number of hydrogen-bond donors (Lipinski definition) is 0. The molecule has 0 N–H and O–H groups in total. The van der Waals surface area contributed by atoms with Gasteiger partial charge in [-0.25, -0.2) is 4.79 Å². The first-order valence-electron chi connectivity index (χ1n) is 7.19. The van der Waals surface area contributed by atoms with Gasteiger partial charge in [-0.3, -0.25) is 0 Å². The van der Waals surface area contributed by atoms with Crippen molar-refractivity contribution in [2.75, 3.05) is 21.2 Å². The molecule has 0 saturated heterocycles.